The van der Waals surface area contributed by atoms with Gasteiger partial charge in [-0.25, -0.2) is 0 Å². The quantitative estimate of drug-likeness (QED) is 0.913. The fourth-order valence-electron chi connectivity index (χ4n) is 3.65. The Kier molecular flexibility index (Phi) is 4.45. The highest BCUT2D eigenvalue weighted by Crippen LogP contribution is 2.26. The van der Waals surface area contributed by atoms with E-state index >= 15 is 0 Å². The fraction of sp³-hybridized carbons (Fsp3) is 0.381. The van der Waals surface area contributed by atoms with Crippen molar-refractivity contribution in [2.24, 2.45) is 7.05 Å². The molecule has 25 heavy (non-hydrogen) atoms. The zero-order valence-corrected chi connectivity index (χ0v) is 14.7. The first-order chi connectivity index (χ1) is 12.2. The predicted octanol–water partition coefficient (Wildman–Crippen LogP) is 2.94. The summed E-state index contributed by atoms with van der Waals surface area (Å²) in [5, 5.41) is 15.0. The first kappa shape index (κ1) is 16.2. The van der Waals surface area contributed by atoms with E-state index in [0.29, 0.717) is 6.42 Å². The van der Waals surface area contributed by atoms with Gasteiger partial charge in [0.15, 0.2) is 0 Å². The molecular weight excluding hydrogens is 310 g/mol. The standard InChI is InChI=1S/C21H25N3O/c1-23-12-11-19(22-23)7-8-21(25)18-6-5-16-9-13-24(20-3-2-4-20)14-10-17(16)15-18/h2-6,11-12,15,21,25H,7-10,13-14H2,1H3. The molecule has 1 aromatic carbocycles. The highest BCUT2D eigenvalue weighted by Gasteiger charge is 2.18. The summed E-state index contributed by atoms with van der Waals surface area (Å²) in [6.07, 6.45) is 11.6. The van der Waals surface area contributed by atoms with Crippen LogP contribution in [0.4, 0.5) is 0 Å². The number of hydrogen-bond donors (Lipinski definition) is 1. The molecule has 2 heterocycles. The minimum atomic E-state index is -0.427. The van der Waals surface area contributed by atoms with Gasteiger partial charge >= 0.3 is 0 Å². The van der Waals surface area contributed by atoms with E-state index in [1.165, 1.54) is 16.8 Å². The van der Waals surface area contributed by atoms with Crippen molar-refractivity contribution in [3.63, 3.8) is 0 Å². The average molecular weight is 335 g/mol. The molecule has 1 aliphatic carbocycles. The highest BCUT2D eigenvalue weighted by atomic mass is 16.3. The second kappa shape index (κ2) is 6.89. The second-order valence-electron chi connectivity index (χ2n) is 7.00. The van der Waals surface area contributed by atoms with Crippen LogP contribution in [0.2, 0.25) is 0 Å². The molecule has 1 N–H and O–H groups in total. The van der Waals surface area contributed by atoms with E-state index in [-0.39, 0.29) is 0 Å². The molecule has 2 aromatic rings. The minimum Gasteiger partial charge on any atom is -0.388 e. The summed E-state index contributed by atoms with van der Waals surface area (Å²) in [7, 11) is 1.92. The topological polar surface area (TPSA) is 41.3 Å². The first-order valence-electron chi connectivity index (χ1n) is 9.10. The van der Waals surface area contributed by atoms with Gasteiger partial charge in [-0.2, -0.15) is 5.10 Å². The van der Waals surface area contributed by atoms with Crippen molar-refractivity contribution in [2.45, 2.75) is 31.8 Å². The maximum absolute atomic E-state index is 10.6. The lowest BCUT2D eigenvalue weighted by atomic mass is 9.96. The first-order valence-corrected chi connectivity index (χ1v) is 9.10. The van der Waals surface area contributed by atoms with E-state index in [0.717, 1.165) is 43.6 Å². The van der Waals surface area contributed by atoms with Crippen LogP contribution in [0, 0.1) is 0 Å². The maximum Gasteiger partial charge on any atom is 0.0793 e. The summed E-state index contributed by atoms with van der Waals surface area (Å²) < 4.78 is 1.81. The van der Waals surface area contributed by atoms with Crippen LogP contribution >= 0.6 is 0 Å². The Labute approximate surface area is 149 Å². The number of hydrogen-bond acceptors (Lipinski definition) is 3. The van der Waals surface area contributed by atoms with Crippen LogP contribution in [0.3, 0.4) is 0 Å². The summed E-state index contributed by atoms with van der Waals surface area (Å²) in [5.74, 6) is 0. The molecule has 4 nitrogen and oxygen atoms in total. The molecule has 0 spiro atoms. The van der Waals surface area contributed by atoms with Crippen molar-refractivity contribution in [3.8, 4) is 0 Å². The van der Waals surface area contributed by atoms with Crippen LogP contribution in [0.5, 0.6) is 0 Å². The van der Waals surface area contributed by atoms with Crippen molar-refractivity contribution in [1.82, 2.24) is 14.7 Å². The summed E-state index contributed by atoms with van der Waals surface area (Å²) in [5.41, 5.74) is 6.23. The van der Waals surface area contributed by atoms with Gasteiger partial charge in [-0.1, -0.05) is 24.3 Å². The third kappa shape index (κ3) is 3.54. The maximum atomic E-state index is 10.6. The third-order valence-electron chi connectivity index (χ3n) is 5.26. The van der Waals surface area contributed by atoms with E-state index in [9.17, 15) is 5.11 Å². The molecule has 0 radical (unpaired) electrons. The molecule has 0 fully saturated rings. The average Bonchev–Trinajstić information content (AvgIpc) is 2.87. The Morgan fingerprint density at radius 2 is 1.96 bits per heavy atom. The third-order valence-corrected chi connectivity index (χ3v) is 5.26. The van der Waals surface area contributed by atoms with Gasteiger partial charge in [0.25, 0.3) is 0 Å². The largest absolute Gasteiger partial charge is 0.388 e. The Morgan fingerprint density at radius 3 is 2.64 bits per heavy atom. The van der Waals surface area contributed by atoms with Crippen molar-refractivity contribution in [1.29, 1.82) is 0 Å². The SMILES string of the molecule is Cn1ccc(CCC(O)c2ccc3c(c2)CCN(C2=CC=C2)CC3)n1. The number of aliphatic hydroxyl groups is 1. The number of aliphatic hydroxyl groups excluding tert-OH is 1. The molecule has 4 heteroatoms. The van der Waals surface area contributed by atoms with Gasteiger partial charge in [0.1, 0.15) is 0 Å². The minimum absolute atomic E-state index is 0.427. The number of nitrogens with zero attached hydrogens (tertiary/aromatic N) is 3. The number of allylic oxidation sites excluding steroid dienone is 3. The van der Waals surface area contributed by atoms with Gasteiger partial charge in [0.2, 0.25) is 0 Å². The van der Waals surface area contributed by atoms with Crippen molar-refractivity contribution in [3.05, 3.63) is 76.8 Å². The lowest BCUT2D eigenvalue weighted by Gasteiger charge is -2.26. The number of rotatable bonds is 5. The Hall–Kier alpha value is -2.33. The molecule has 130 valence electrons. The van der Waals surface area contributed by atoms with Crippen LogP contribution in [-0.4, -0.2) is 32.9 Å². The molecule has 1 atom stereocenters. The van der Waals surface area contributed by atoms with Gasteiger partial charge in [0, 0.05) is 32.0 Å². The molecule has 1 unspecified atom stereocenters. The van der Waals surface area contributed by atoms with E-state index < -0.39 is 6.10 Å². The highest BCUT2D eigenvalue weighted by molar-refractivity contribution is 5.38. The lowest BCUT2D eigenvalue weighted by molar-refractivity contribution is 0.167. The second-order valence-corrected chi connectivity index (χ2v) is 7.00. The summed E-state index contributed by atoms with van der Waals surface area (Å²) in [4.78, 5) is 2.46. The number of aromatic nitrogens is 2. The molecule has 1 aromatic heterocycles. The fourth-order valence-corrected chi connectivity index (χ4v) is 3.65. The van der Waals surface area contributed by atoms with Crippen LogP contribution in [0.1, 0.15) is 34.9 Å². The smallest absolute Gasteiger partial charge is 0.0793 e. The monoisotopic (exact) mass is 335 g/mol. The molecule has 0 saturated carbocycles. The molecule has 0 saturated heterocycles. The van der Waals surface area contributed by atoms with Gasteiger partial charge in [-0.05, 0) is 60.6 Å². The van der Waals surface area contributed by atoms with Crippen LogP contribution in [-0.2, 0) is 26.3 Å². The number of aryl methyl sites for hydroxylation is 2. The van der Waals surface area contributed by atoms with Gasteiger partial charge in [0.05, 0.1) is 11.8 Å². The molecule has 0 amide bonds. The molecular formula is C21H25N3O. The number of benzene rings is 1. The zero-order chi connectivity index (χ0) is 17.2. The Bertz CT molecular complexity index is 818. The molecule has 2 aliphatic rings. The molecule has 1 aliphatic heterocycles. The van der Waals surface area contributed by atoms with Crippen molar-refractivity contribution in [2.75, 3.05) is 13.1 Å². The van der Waals surface area contributed by atoms with Gasteiger partial charge in [-0.15, -0.1) is 0 Å². The Balaban J connectivity index is 1.41. The lowest BCUT2D eigenvalue weighted by Crippen LogP contribution is -2.26. The van der Waals surface area contributed by atoms with Crippen LogP contribution in [0.25, 0.3) is 0 Å². The predicted molar refractivity (Wildman–Crippen MR) is 99.1 cm³/mol. The van der Waals surface area contributed by atoms with E-state index in [1.807, 2.05) is 24.0 Å². The van der Waals surface area contributed by atoms with E-state index in [4.69, 9.17) is 0 Å². The van der Waals surface area contributed by atoms with Crippen molar-refractivity contribution < 1.29 is 5.11 Å². The zero-order valence-electron chi connectivity index (χ0n) is 14.7. The van der Waals surface area contributed by atoms with Crippen LogP contribution < -0.4 is 0 Å². The van der Waals surface area contributed by atoms with Crippen molar-refractivity contribution >= 4 is 0 Å². The molecule has 4 rings (SSSR count). The number of fused-ring (bicyclic) bond motifs is 1. The van der Waals surface area contributed by atoms with Crippen LogP contribution in [0.15, 0.2) is 54.4 Å². The van der Waals surface area contributed by atoms with Gasteiger partial charge < -0.3 is 10.0 Å². The normalized spacial score (nSPS) is 17.5. The summed E-state index contributed by atoms with van der Waals surface area (Å²) in [6, 6.07) is 8.54. The van der Waals surface area contributed by atoms with E-state index in [2.05, 4.69) is 46.4 Å². The Morgan fingerprint density at radius 1 is 1.16 bits per heavy atom. The molecule has 0 bridgehead atoms. The van der Waals surface area contributed by atoms with Gasteiger partial charge in [-0.3, -0.25) is 4.68 Å². The summed E-state index contributed by atoms with van der Waals surface area (Å²) in [6.45, 7) is 2.13. The van der Waals surface area contributed by atoms with E-state index in [1.54, 1.807) is 0 Å². The summed E-state index contributed by atoms with van der Waals surface area (Å²) >= 11 is 0.